The zero-order chi connectivity index (χ0) is 9.00. The molecule has 0 fully saturated rings. The van der Waals surface area contributed by atoms with E-state index in [-0.39, 0.29) is 5.48 Å². The molecule has 72 valence electrons. The van der Waals surface area contributed by atoms with E-state index in [4.69, 9.17) is 32.1 Å². The molecule has 11 heteroatoms. The van der Waals surface area contributed by atoms with Crippen molar-refractivity contribution in [3.8, 4) is 0 Å². The molecule has 0 rings (SSSR count). The van der Waals surface area contributed by atoms with E-state index in [1.54, 1.807) is 0 Å². The third-order valence-electron chi connectivity index (χ3n) is 0. The van der Waals surface area contributed by atoms with Crippen LogP contribution in [-0.4, -0.2) is 59.1 Å². The van der Waals surface area contributed by atoms with E-state index in [9.17, 15) is 0 Å². The van der Waals surface area contributed by atoms with Gasteiger partial charge in [-0.25, -0.2) is 0 Å². The molecule has 0 aromatic rings. The molecule has 0 amide bonds. The third kappa shape index (κ3) is 3890. The van der Waals surface area contributed by atoms with Gasteiger partial charge in [-0.2, -0.15) is 0 Å². The van der Waals surface area contributed by atoms with Crippen LogP contribution in [0.15, 0.2) is 0 Å². The first-order valence-electron chi connectivity index (χ1n) is 1.57. The predicted molar refractivity (Wildman–Crippen MR) is 29.8 cm³/mol. The standard InChI is InChI=1S/2AsH3O4.H2O/c2*2-1(3,4)5;/h2*(H3,2,3,4,5);1H2. The van der Waals surface area contributed by atoms with Crippen LogP contribution in [0.4, 0.5) is 0 Å². The summed E-state index contributed by atoms with van der Waals surface area (Å²) in [5.74, 6) is 0. The molecule has 8 N–H and O–H groups in total. The van der Waals surface area contributed by atoms with Crippen molar-refractivity contribution >= 4 is 29.0 Å². The number of hydrogen-bond acceptors (Lipinski definition) is 2. The Morgan fingerprint density at radius 2 is 0.636 bits per heavy atom. The fraction of sp³-hybridized carbons (Fsp3) is 0. The topological polar surface area (TPSA) is 187 Å². The van der Waals surface area contributed by atoms with Gasteiger partial charge in [-0.15, -0.1) is 0 Å². The summed E-state index contributed by atoms with van der Waals surface area (Å²) in [6, 6.07) is 0. The van der Waals surface area contributed by atoms with Gasteiger partial charge in [0.05, 0.1) is 0 Å². The van der Waals surface area contributed by atoms with Crippen LogP contribution in [-0.2, 0) is 7.48 Å². The monoisotopic (exact) mass is 302 g/mol. The molecule has 0 saturated heterocycles. The van der Waals surface area contributed by atoms with Gasteiger partial charge < -0.3 is 5.48 Å². The van der Waals surface area contributed by atoms with E-state index in [2.05, 4.69) is 0 Å². The summed E-state index contributed by atoms with van der Waals surface area (Å²) < 4.78 is 61.4. The third-order valence-corrected chi connectivity index (χ3v) is 0. The number of hydrogen-bond donors (Lipinski definition) is 6. The van der Waals surface area contributed by atoms with Crippen molar-refractivity contribution in [1.29, 1.82) is 0 Å². The van der Waals surface area contributed by atoms with Gasteiger partial charge in [-0.3, -0.25) is 0 Å². The summed E-state index contributed by atoms with van der Waals surface area (Å²) in [4.78, 5) is 0. The normalized spacial score (nSPS) is 10.7. The maximum atomic E-state index is 8.94. The fourth-order valence-corrected chi connectivity index (χ4v) is 0. The summed E-state index contributed by atoms with van der Waals surface area (Å²) >= 11 is -10.2. The van der Waals surface area contributed by atoms with Crippen LogP contribution >= 0.6 is 0 Å². The molecule has 11 heavy (non-hydrogen) atoms. The minimum absolute atomic E-state index is 0. The molecule has 9 nitrogen and oxygen atoms in total. The van der Waals surface area contributed by atoms with Crippen molar-refractivity contribution in [3.05, 3.63) is 0 Å². The second-order valence-corrected chi connectivity index (χ2v) is 5.33. The Morgan fingerprint density at radius 3 is 0.636 bits per heavy atom. The second kappa shape index (κ2) is 6.01. The first-order valence-corrected chi connectivity index (χ1v) is 8.13. The Kier molecular flexibility index (Phi) is 9.56. The van der Waals surface area contributed by atoms with E-state index in [0.717, 1.165) is 0 Å². The fourth-order valence-electron chi connectivity index (χ4n) is 0. The van der Waals surface area contributed by atoms with Crippen LogP contribution in [0.3, 0.4) is 0 Å². The van der Waals surface area contributed by atoms with Crippen LogP contribution in [0.5, 0.6) is 0 Å². The summed E-state index contributed by atoms with van der Waals surface area (Å²) in [6.07, 6.45) is 0. The van der Waals surface area contributed by atoms with Crippen molar-refractivity contribution in [2.75, 3.05) is 0 Å². The van der Waals surface area contributed by atoms with Crippen LogP contribution < -0.4 is 0 Å². The van der Waals surface area contributed by atoms with Crippen molar-refractivity contribution in [3.63, 3.8) is 0 Å². The van der Waals surface area contributed by atoms with Crippen LogP contribution in [0.25, 0.3) is 0 Å². The van der Waals surface area contributed by atoms with Gasteiger partial charge in [0.25, 0.3) is 0 Å². The second-order valence-electron chi connectivity index (χ2n) is 1.03. The summed E-state index contributed by atoms with van der Waals surface area (Å²) in [6.45, 7) is 0. The van der Waals surface area contributed by atoms with Crippen LogP contribution in [0.2, 0.25) is 0 Å². The zero-order valence-corrected chi connectivity index (χ0v) is 8.65. The molecule has 0 bridgehead atoms. The van der Waals surface area contributed by atoms with E-state index < -0.39 is 29.0 Å². The molecule has 0 aliphatic rings. The Labute approximate surface area is 66.9 Å². The average Bonchev–Trinajstić information content (AvgIpc) is 1.12. The Hall–Kier alpha value is 0.437. The summed E-state index contributed by atoms with van der Waals surface area (Å²) in [5, 5.41) is 0. The van der Waals surface area contributed by atoms with Gasteiger partial charge in [0, 0.05) is 0 Å². The molecule has 0 radical (unpaired) electrons. The van der Waals surface area contributed by atoms with E-state index in [0.29, 0.717) is 0 Å². The molecule has 0 saturated carbocycles. The van der Waals surface area contributed by atoms with Gasteiger partial charge in [0.1, 0.15) is 0 Å². The predicted octanol–water partition coefficient (Wildman–Crippen LogP) is -5.17. The van der Waals surface area contributed by atoms with Gasteiger partial charge in [-0.05, 0) is 0 Å². The molecular formula is H8As2O9. The minimum atomic E-state index is -5.12. The average molecular weight is 302 g/mol. The molecular weight excluding hydrogens is 294 g/mol. The van der Waals surface area contributed by atoms with Gasteiger partial charge in [-0.1, -0.05) is 0 Å². The van der Waals surface area contributed by atoms with Crippen molar-refractivity contribution in [2.24, 2.45) is 0 Å². The van der Waals surface area contributed by atoms with Crippen LogP contribution in [0, 0.1) is 0 Å². The van der Waals surface area contributed by atoms with E-state index in [1.807, 2.05) is 0 Å². The quantitative estimate of drug-likeness (QED) is 0.239. The Balaban J connectivity index is -0.000000107. The SMILES string of the molecule is O.O=[As](O)(O)O.O=[As](O)(O)O. The molecule has 0 atom stereocenters. The van der Waals surface area contributed by atoms with E-state index >= 15 is 0 Å². The molecule has 0 unspecified atom stereocenters. The molecule has 0 aromatic heterocycles. The summed E-state index contributed by atoms with van der Waals surface area (Å²) in [5.41, 5.74) is 0. The molecule has 0 spiro atoms. The molecule has 0 aliphatic heterocycles. The van der Waals surface area contributed by atoms with Gasteiger partial charge in [0.2, 0.25) is 0 Å². The zero-order valence-electron chi connectivity index (χ0n) is 4.89. The Bertz CT molecular complexity index is 120. The van der Waals surface area contributed by atoms with Gasteiger partial charge in [0.15, 0.2) is 0 Å². The van der Waals surface area contributed by atoms with E-state index in [1.165, 1.54) is 0 Å². The first-order chi connectivity index (χ1) is 4.00. The van der Waals surface area contributed by atoms with Crippen molar-refractivity contribution < 1.29 is 37.5 Å². The van der Waals surface area contributed by atoms with Crippen molar-refractivity contribution in [1.82, 2.24) is 0 Å². The van der Waals surface area contributed by atoms with Gasteiger partial charge >= 0.3 is 61.1 Å². The molecule has 0 aliphatic carbocycles. The maximum absolute atomic E-state index is 8.94. The Morgan fingerprint density at radius 1 is 0.636 bits per heavy atom. The molecule has 0 aromatic carbocycles. The summed E-state index contributed by atoms with van der Waals surface area (Å²) in [7, 11) is 0. The van der Waals surface area contributed by atoms with Crippen LogP contribution in [0.1, 0.15) is 0 Å². The number of rotatable bonds is 0. The molecule has 0 heterocycles. The van der Waals surface area contributed by atoms with Crippen molar-refractivity contribution in [2.45, 2.75) is 0 Å². The first kappa shape index (κ1) is 17.5.